The predicted octanol–water partition coefficient (Wildman–Crippen LogP) is 2.21. The molecule has 2 N–H and O–H groups in total. The molecule has 2 unspecified atom stereocenters. The first-order valence-corrected chi connectivity index (χ1v) is 8.03. The molecule has 0 aliphatic carbocycles. The molecular formula is C17H26FN3. The summed E-state index contributed by atoms with van der Waals surface area (Å²) in [5, 5.41) is 0. The van der Waals surface area contributed by atoms with Crippen LogP contribution >= 0.6 is 0 Å². The maximum Gasteiger partial charge on any atom is 0.127 e. The van der Waals surface area contributed by atoms with Crippen molar-refractivity contribution in [2.24, 2.45) is 5.73 Å². The molecule has 0 amide bonds. The maximum absolute atomic E-state index is 13.9. The second-order valence-corrected chi connectivity index (χ2v) is 6.66. The molecule has 21 heavy (non-hydrogen) atoms. The summed E-state index contributed by atoms with van der Waals surface area (Å²) < 4.78 is 13.9. The van der Waals surface area contributed by atoms with Crippen molar-refractivity contribution in [1.82, 2.24) is 9.80 Å². The number of hydrogen-bond acceptors (Lipinski definition) is 3. The summed E-state index contributed by atoms with van der Waals surface area (Å²) in [7, 11) is 2.10. The van der Waals surface area contributed by atoms with Crippen molar-refractivity contribution in [3.63, 3.8) is 0 Å². The van der Waals surface area contributed by atoms with E-state index in [1.807, 2.05) is 12.1 Å². The van der Waals surface area contributed by atoms with Crippen molar-refractivity contribution >= 4 is 0 Å². The number of nitrogens with two attached hydrogens (primary N) is 1. The van der Waals surface area contributed by atoms with Gasteiger partial charge in [0.05, 0.1) is 0 Å². The first kappa shape index (κ1) is 14.9. The average molecular weight is 291 g/mol. The highest BCUT2D eigenvalue weighted by Crippen LogP contribution is 2.36. The Balaban J connectivity index is 1.74. The molecule has 2 atom stereocenters. The fraction of sp³-hybridized carbons (Fsp3) is 0.647. The Morgan fingerprint density at radius 3 is 2.95 bits per heavy atom. The Morgan fingerprint density at radius 2 is 2.19 bits per heavy atom. The van der Waals surface area contributed by atoms with Crippen molar-refractivity contribution in [3.05, 3.63) is 35.6 Å². The molecule has 0 spiro atoms. The third-order valence-corrected chi connectivity index (χ3v) is 5.53. The molecule has 0 bridgehead atoms. The van der Waals surface area contributed by atoms with E-state index in [2.05, 4.69) is 16.8 Å². The zero-order chi connectivity index (χ0) is 14.9. The molecule has 2 aliphatic heterocycles. The van der Waals surface area contributed by atoms with Crippen LogP contribution in [0.3, 0.4) is 0 Å². The van der Waals surface area contributed by atoms with Gasteiger partial charge in [-0.2, -0.15) is 0 Å². The van der Waals surface area contributed by atoms with Crippen molar-refractivity contribution in [2.45, 2.75) is 43.8 Å². The van der Waals surface area contributed by atoms with Gasteiger partial charge in [-0.05, 0) is 45.3 Å². The van der Waals surface area contributed by atoms with Gasteiger partial charge in [-0.1, -0.05) is 18.2 Å². The highest BCUT2D eigenvalue weighted by molar-refractivity contribution is 5.18. The fourth-order valence-corrected chi connectivity index (χ4v) is 4.05. The lowest BCUT2D eigenvalue weighted by Crippen LogP contribution is -2.59. The largest absolute Gasteiger partial charge is 0.329 e. The van der Waals surface area contributed by atoms with Crippen LogP contribution in [0, 0.1) is 5.82 Å². The third kappa shape index (κ3) is 2.85. The fourth-order valence-electron chi connectivity index (χ4n) is 4.05. The van der Waals surface area contributed by atoms with Crippen molar-refractivity contribution in [3.8, 4) is 0 Å². The third-order valence-electron chi connectivity index (χ3n) is 5.53. The normalized spacial score (nSPS) is 29.8. The number of piperidine rings is 1. The van der Waals surface area contributed by atoms with Gasteiger partial charge in [0.2, 0.25) is 0 Å². The minimum absolute atomic E-state index is 0.0216. The molecular weight excluding hydrogens is 265 g/mol. The molecule has 1 aromatic carbocycles. The lowest BCUT2D eigenvalue weighted by Gasteiger charge is -2.49. The molecule has 2 fully saturated rings. The van der Waals surface area contributed by atoms with E-state index in [0.717, 1.165) is 24.9 Å². The number of hydrogen-bond donors (Lipinski definition) is 1. The van der Waals surface area contributed by atoms with Crippen molar-refractivity contribution < 1.29 is 4.39 Å². The lowest BCUT2D eigenvalue weighted by atomic mass is 9.81. The lowest BCUT2D eigenvalue weighted by molar-refractivity contribution is 0.0215. The first-order valence-electron chi connectivity index (χ1n) is 8.03. The molecule has 1 aromatic rings. The Kier molecular flexibility index (Phi) is 4.29. The summed E-state index contributed by atoms with van der Waals surface area (Å²) in [6.45, 7) is 3.66. The second-order valence-electron chi connectivity index (χ2n) is 6.66. The quantitative estimate of drug-likeness (QED) is 0.923. The van der Waals surface area contributed by atoms with Crippen molar-refractivity contribution in [1.29, 1.82) is 0 Å². The predicted molar refractivity (Wildman–Crippen MR) is 83.5 cm³/mol. The van der Waals surface area contributed by atoms with E-state index in [0.29, 0.717) is 19.1 Å². The summed E-state index contributed by atoms with van der Waals surface area (Å²) in [5.41, 5.74) is 6.95. The molecule has 2 heterocycles. The number of benzene rings is 1. The first-order chi connectivity index (χ1) is 10.1. The topological polar surface area (TPSA) is 32.5 Å². The van der Waals surface area contributed by atoms with Crippen LogP contribution in [0.1, 0.15) is 31.2 Å². The van der Waals surface area contributed by atoms with Crippen molar-refractivity contribution in [2.75, 3.05) is 26.7 Å². The number of fused-ring (bicyclic) bond motifs is 1. The molecule has 2 aliphatic rings. The Bertz CT molecular complexity index is 493. The Labute approximate surface area is 126 Å². The second kappa shape index (κ2) is 6.03. The molecule has 2 saturated heterocycles. The van der Waals surface area contributed by atoms with Gasteiger partial charge in [-0.25, -0.2) is 4.39 Å². The van der Waals surface area contributed by atoms with Gasteiger partial charge < -0.3 is 10.6 Å². The standard InChI is InChI=1S/C17H26FN3/c1-20(12-14-5-2-3-7-16(14)18)17(13-19)8-10-21-9-4-6-15(21)11-17/h2-3,5,7,15H,4,6,8-13,19H2,1H3. The van der Waals surface area contributed by atoms with Gasteiger partial charge in [-0.3, -0.25) is 4.90 Å². The van der Waals surface area contributed by atoms with E-state index in [9.17, 15) is 4.39 Å². The Hall–Kier alpha value is -0.970. The number of nitrogens with zero attached hydrogens (tertiary/aromatic N) is 2. The molecule has 116 valence electrons. The van der Waals surface area contributed by atoms with E-state index >= 15 is 0 Å². The van der Waals surface area contributed by atoms with E-state index in [1.54, 1.807) is 6.07 Å². The van der Waals surface area contributed by atoms with Crippen LogP contribution in [0.4, 0.5) is 4.39 Å². The highest BCUT2D eigenvalue weighted by atomic mass is 19.1. The SMILES string of the molecule is CN(Cc1ccccc1F)C1(CN)CCN2CCCC2C1. The van der Waals surface area contributed by atoms with Gasteiger partial charge in [-0.15, -0.1) is 0 Å². The van der Waals surface area contributed by atoms with Crippen LogP contribution in [-0.2, 0) is 6.54 Å². The highest BCUT2D eigenvalue weighted by Gasteiger charge is 2.43. The smallest absolute Gasteiger partial charge is 0.127 e. The summed E-state index contributed by atoms with van der Waals surface area (Å²) in [6, 6.07) is 7.74. The minimum atomic E-state index is -0.116. The van der Waals surface area contributed by atoms with E-state index < -0.39 is 0 Å². The van der Waals surface area contributed by atoms with Crippen LogP contribution in [0.25, 0.3) is 0 Å². The van der Waals surface area contributed by atoms with Gasteiger partial charge in [0.1, 0.15) is 5.82 Å². The Morgan fingerprint density at radius 1 is 1.38 bits per heavy atom. The van der Waals surface area contributed by atoms with Crippen LogP contribution in [0.2, 0.25) is 0 Å². The summed E-state index contributed by atoms with van der Waals surface area (Å²) in [4.78, 5) is 4.89. The van der Waals surface area contributed by atoms with E-state index in [-0.39, 0.29) is 11.4 Å². The summed E-state index contributed by atoms with van der Waals surface area (Å²) in [5.74, 6) is -0.116. The molecule has 0 saturated carbocycles. The molecule has 0 aromatic heterocycles. The molecule has 0 radical (unpaired) electrons. The van der Waals surface area contributed by atoms with Gasteiger partial charge in [0.15, 0.2) is 0 Å². The molecule has 3 rings (SSSR count). The summed E-state index contributed by atoms with van der Waals surface area (Å²) >= 11 is 0. The van der Waals surface area contributed by atoms with Gasteiger partial charge in [0.25, 0.3) is 0 Å². The minimum Gasteiger partial charge on any atom is -0.329 e. The van der Waals surface area contributed by atoms with Crippen LogP contribution in [0.5, 0.6) is 0 Å². The zero-order valence-electron chi connectivity index (χ0n) is 12.9. The van der Waals surface area contributed by atoms with Crippen LogP contribution < -0.4 is 5.73 Å². The number of likely N-dealkylation sites (N-methyl/N-ethyl adjacent to an activating group) is 1. The monoisotopic (exact) mass is 291 g/mol. The average Bonchev–Trinajstić information content (AvgIpc) is 2.96. The van der Waals surface area contributed by atoms with E-state index in [4.69, 9.17) is 5.73 Å². The van der Waals surface area contributed by atoms with Crippen LogP contribution in [-0.4, -0.2) is 48.1 Å². The van der Waals surface area contributed by atoms with E-state index in [1.165, 1.54) is 25.5 Å². The molecule has 4 heteroatoms. The maximum atomic E-state index is 13.9. The number of rotatable bonds is 4. The van der Waals surface area contributed by atoms with Gasteiger partial charge >= 0.3 is 0 Å². The van der Waals surface area contributed by atoms with Gasteiger partial charge in [0, 0.05) is 36.8 Å². The number of halogens is 1. The van der Waals surface area contributed by atoms with Crippen LogP contribution in [0.15, 0.2) is 24.3 Å². The molecule has 3 nitrogen and oxygen atoms in total. The zero-order valence-corrected chi connectivity index (χ0v) is 12.9. The summed E-state index contributed by atoms with van der Waals surface area (Å²) in [6.07, 6.45) is 4.80.